The lowest BCUT2D eigenvalue weighted by molar-refractivity contribution is 0.200. The molecular weight excluding hydrogens is 376 g/mol. The zero-order chi connectivity index (χ0) is 21.3. The Morgan fingerprint density at radius 1 is 1.17 bits per heavy atom. The lowest BCUT2D eigenvalue weighted by Gasteiger charge is -2.23. The first-order valence-electron chi connectivity index (χ1n) is 10.5. The number of amides is 2. The average molecular weight is 407 g/mol. The highest BCUT2D eigenvalue weighted by Crippen LogP contribution is 2.27. The van der Waals surface area contributed by atoms with Crippen molar-refractivity contribution in [1.82, 2.24) is 14.7 Å². The Morgan fingerprint density at radius 3 is 2.60 bits per heavy atom. The molecule has 6 nitrogen and oxygen atoms in total. The number of nitrogens with one attached hydrogen (secondary N) is 1. The second kappa shape index (κ2) is 8.01. The SMILES string of the molecule is Cn1nc(CN(Cc2ccco2)C(=O)Nc2ccc(C(C)(C)C)cc2)c2c1CCC2. The van der Waals surface area contributed by atoms with Crippen LogP contribution in [0.25, 0.3) is 0 Å². The molecule has 0 saturated carbocycles. The highest BCUT2D eigenvalue weighted by molar-refractivity contribution is 5.89. The first-order chi connectivity index (χ1) is 14.3. The number of furan rings is 1. The van der Waals surface area contributed by atoms with Crippen molar-refractivity contribution in [1.29, 1.82) is 0 Å². The molecular formula is C24H30N4O2. The van der Waals surface area contributed by atoms with Crippen molar-refractivity contribution in [2.24, 2.45) is 7.05 Å². The smallest absolute Gasteiger partial charge is 0.322 e. The largest absolute Gasteiger partial charge is 0.467 e. The normalized spacial score (nSPS) is 13.3. The molecule has 2 heterocycles. The molecule has 0 saturated heterocycles. The average Bonchev–Trinajstić information content (AvgIpc) is 3.42. The van der Waals surface area contributed by atoms with Gasteiger partial charge in [0.25, 0.3) is 0 Å². The van der Waals surface area contributed by atoms with Crippen molar-refractivity contribution in [3.63, 3.8) is 0 Å². The third-order valence-electron chi connectivity index (χ3n) is 5.76. The summed E-state index contributed by atoms with van der Waals surface area (Å²) in [5, 5.41) is 7.73. The third kappa shape index (κ3) is 4.27. The molecule has 2 amide bonds. The van der Waals surface area contributed by atoms with Gasteiger partial charge in [0.05, 0.1) is 25.0 Å². The summed E-state index contributed by atoms with van der Waals surface area (Å²) >= 11 is 0. The minimum absolute atomic E-state index is 0.0766. The molecule has 0 atom stereocenters. The molecule has 158 valence electrons. The maximum absolute atomic E-state index is 13.2. The molecule has 0 unspecified atom stereocenters. The maximum atomic E-state index is 13.2. The highest BCUT2D eigenvalue weighted by atomic mass is 16.3. The number of rotatable bonds is 5. The van der Waals surface area contributed by atoms with E-state index in [1.165, 1.54) is 16.8 Å². The summed E-state index contributed by atoms with van der Waals surface area (Å²) in [6.07, 6.45) is 4.87. The monoisotopic (exact) mass is 406 g/mol. The number of fused-ring (bicyclic) bond motifs is 1. The van der Waals surface area contributed by atoms with E-state index in [1.807, 2.05) is 36.0 Å². The van der Waals surface area contributed by atoms with Crippen LogP contribution in [0.5, 0.6) is 0 Å². The van der Waals surface area contributed by atoms with E-state index < -0.39 is 0 Å². The van der Waals surface area contributed by atoms with Crippen LogP contribution in [0, 0.1) is 0 Å². The molecule has 0 spiro atoms. The topological polar surface area (TPSA) is 63.3 Å². The molecule has 1 aliphatic carbocycles. The molecule has 1 N–H and O–H groups in total. The van der Waals surface area contributed by atoms with Crippen LogP contribution < -0.4 is 5.32 Å². The Kier molecular flexibility index (Phi) is 5.41. The maximum Gasteiger partial charge on any atom is 0.322 e. The summed E-state index contributed by atoms with van der Waals surface area (Å²) in [4.78, 5) is 14.9. The number of aryl methyl sites for hydroxylation is 1. The number of nitrogens with zero attached hydrogens (tertiary/aromatic N) is 3. The summed E-state index contributed by atoms with van der Waals surface area (Å²) < 4.78 is 7.47. The predicted octanol–water partition coefficient (Wildman–Crippen LogP) is 5.03. The number of carbonyl (C=O) groups is 1. The van der Waals surface area contributed by atoms with Gasteiger partial charge in [-0.15, -0.1) is 0 Å². The quantitative estimate of drug-likeness (QED) is 0.646. The van der Waals surface area contributed by atoms with Crippen LogP contribution in [-0.4, -0.2) is 20.7 Å². The van der Waals surface area contributed by atoms with Crippen LogP contribution in [0.2, 0.25) is 0 Å². The van der Waals surface area contributed by atoms with E-state index in [4.69, 9.17) is 9.52 Å². The van der Waals surface area contributed by atoms with Crippen LogP contribution in [0.4, 0.5) is 10.5 Å². The fourth-order valence-corrected chi connectivity index (χ4v) is 4.05. The van der Waals surface area contributed by atoms with Crippen molar-refractivity contribution in [2.75, 3.05) is 5.32 Å². The molecule has 0 radical (unpaired) electrons. The van der Waals surface area contributed by atoms with Crippen LogP contribution in [0.3, 0.4) is 0 Å². The van der Waals surface area contributed by atoms with E-state index in [0.29, 0.717) is 13.1 Å². The van der Waals surface area contributed by atoms with E-state index >= 15 is 0 Å². The lowest BCUT2D eigenvalue weighted by atomic mass is 9.87. The highest BCUT2D eigenvalue weighted by Gasteiger charge is 2.25. The lowest BCUT2D eigenvalue weighted by Crippen LogP contribution is -2.34. The van der Waals surface area contributed by atoms with Gasteiger partial charge in [-0.25, -0.2) is 4.79 Å². The van der Waals surface area contributed by atoms with Gasteiger partial charge in [0.2, 0.25) is 0 Å². The second-order valence-corrected chi connectivity index (χ2v) is 9.04. The van der Waals surface area contributed by atoms with Gasteiger partial charge in [-0.05, 0) is 60.1 Å². The fraction of sp³-hybridized carbons (Fsp3) is 0.417. The second-order valence-electron chi connectivity index (χ2n) is 9.04. The van der Waals surface area contributed by atoms with E-state index in [-0.39, 0.29) is 11.4 Å². The van der Waals surface area contributed by atoms with Gasteiger partial charge in [-0.2, -0.15) is 5.10 Å². The number of urea groups is 1. The van der Waals surface area contributed by atoms with Crippen molar-refractivity contribution >= 4 is 11.7 Å². The van der Waals surface area contributed by atoms with Gasteiger partial charge < -0.3 is 14.6 Å². The van der Waals surface area contributed by atoms with Gasteiger partial charge in [0, 0.05) is 18.4 Å². The molecule has 0 fully saturated rings. The Hall–Kier alpha value is -3.02. The zero-order valence-corrected chi connectivity index (χ0v) is 18.2. The van der Waals surface area contributed by atoms with Gasteiger partial charge in [-0.3, -0.25) is 4.68 Å². The van der Waals surface area contributed by atoms with Crippen LogP contribution in [0.15, 0.2) is 47.1 Å². The van der Waals surface area contributed by atoms with E-state index in [2.05, 4.69) is 38.2 Å². The van der Waals surface area contributed by atoms with Crippen LogP contribution in [0.1, 0.15) is 55.5 Å². The molecule has 0 aliphatic heterocycles. The summed E-state index contributed by atoms with van der Waals surface area (Å²) in [6.45, 7) is 7.38. The molecule has 1 aliphatic rings. The minimum atomic E-state index is -0.160. The van der Waals surface area contributed by atoms with Crippen LogP contribution >= 0.6 is 0 Å². The number of hydrogen-bond donors (Lipinski definition) is 1. The minimum Gasteiger partial charge on any atom is -0.467 e. The van der Waals surface area contributed by atoms with Crippen molar-refractivity contribution in [3.05, 3.63) is 70.9 Å². The number of aromatic nitrogens is 2. The van der Waals surface area contributed by atoms with Crippen molar-refractivity contribution in [2.45, 2.75) is 58.5 Å². The van der Waals surface area contributed by atoms with E-state index in [9.17, 15) is 4.79 Å². The number of carbonyl (C=O) groups excluding carboxylic acids is 1. The van der Waals surface area contributed by atoms with Crippen molar-refractivity contribution < 1.29 is 9.21 Å². The van der Waals surface area contributed by atoms with E-state index in [1.54, 1.807) is 11.2 Å². The molecule has 6 heteroatoms. The predicted molar refractivity (Wildman–Crippen MR) is 117 cm³/mol. The van der Waals surface area contributed by atoms with Gasteiger partial charge >= 0.3 is 6.03 Å². The van der Waals surface area contributed by atoms with E-state index in [0.717, 1.165) is 36.4 Å². The first-order valence-corrected chi connectivity index (χ1v) is 10.5. The first kappa shape index (κ1) is 20.3. The summed E-state index contributed by atoms with van der Waals surface area (Å²) in [5.41, 5.74) is 5.66. The van der Waals surface area contributed by atoms with Gasteiger partial charge in [-0.1, -0.05) is 32.9 Å². The number of anilines is 1. The number of benzene rings is 1. The third-order valence-corrected chi connectivity index (χ3v) is 5.76. The Labute approximate surface area is 177 Å². The summed E-state index contributed by atoms with van der Waals surface area (Å²) in [7, 11) is 1.99. The van der Waals surface area contributed by atoms with Crippen LogP contribution in [-0.2, 0) is 38.4 Å². The summed E-state index contributed by atoms with van der Waals surface area (Å²) in [5.74, 6) is 0.751. The van der Waals surface area contributed by atoms with Crippen molar-refractivity contribution in [3.8, 4) is 0 Å². The zero-order valence-electron chi connectivity index (χ0n) is 18.2. The molecule has 1 aromatic carbocycles. The fourth-order valence-electron chi connectivity index (χ4n) is 4.05. The van der Waals surface area contributed by atoms with Gasteiger partial charge in [0.15, 0.2) is 0 Å². The van der Waals surface area contributed by atoms with Gasteiger partial charge in [0.1, 0.15) is 5.76 Å². The molecule has 30 heavy (non-hydrogen) atoms. The Bertz CT molecular complexity index is 1010. The number of hydrogen-bond acceptors (Lipinski definition) is 3. The Balaban J connectivity index is 1.53. The molecule has 4 rings (SSSR count). The molecule has 0 bridgehead atoms. The molecule has 3 aromatic rings. The summed E-state index contributed by atoms with van der Waals surface area (Å²) in [6, 6.07) is 11.6. The Morgan fingerprint density at radius 2 is 1.93 bits per heavy atom. The standard InChI is InChI=1S/C24H30N4O2/c1-24(2,3)17-10-12-18(13-11-17)25-23(29)28(15-19-7-6-14-30-19)16-21-20-8-5-9-22(20)27(4)26-21/h6-7,10-14H,5,8-9,15-16H2,1-4H3,(H,25,29). The molecule has 2 aromatic heterocycles.